The van der Waals surface area contributed by atoms with E-state index in [1.807, 2.05) is 44.6 Å². The predicted molar refractivity (Wildman–Crippen MR) is 94.3 cm³/mol. The monoisotopic (exact) mass is 339 g/mol. The maximum atomic E-state index is 12.8. The zero-order valence-electron chi connectivity index (χ0n) is 14.3. The van der Waals surface area contributed by atoms with E-state index in [2.05, 4.69) is 20.7 Å². The second-order valence-electron chi connectivity index (χ2n) is 6.45. The Bertz CT molecular complexity index is 913. The number of hydrogen-bond acceptors (Lipinski definition) is 5. The molecule has 3 heterocycles. The second-order valence-corrected chi connectivity index (χ2v) is 6.45. The van der Waals surface area contributed by atoms with Crippen molar-refractivity contribution in [2.24, 2.45) is 13.0 Å². The van der Waals surface area contributed by atoms with Crippen molar-refractivity contribution in [3.8, 4) is 0 Å². The number of aromatic nitrogens is 3. The minimum Gasteiger partial charge on any atom is -0.441 e. The first kappa shape index (κ1) is 15.8. The van der Waals surface area contributed by atoms with E-state index < -0.39 is 0 Å². The highest BCUT2D eigenvalue weighted by atomic mass is 16.3. The van der Waals surface area contributed by atoms with E-state index in [0.29, 0.717) is 12.4 Å². The van der Waals surface area contributed by atoms with Crippen LogP contribution in [-0.4, -0.2) is 33.8 Å². The summed E-state index contributed by atoms with van der Waals surface area (Å²) in [7, 11) is 1.89. The summed E-state index contributed by atoms with van der Waals surface area (Å²) in [6, 6.07) is 5.56. The molecule has 4 rings (SSSR count). The lowest BCUT2D eigenvalue weighted by atomic mass is 9.90. The van der Waals surface area contributed by atoms with Gasteiger partial charge in [-0.25, -0.2) is 4.98 Å². The van der Waals surface area contributed by atoms with Crippen LogP contribution in [0.5, 0.6) is 0 Å². The number of nitrogens with one attached hydrogen (secondary N) is 2. The summed E-state index contributed by atoms with van der Waals surface area (Å²) in [6.45, 7) is 3.45. The Morgan fingerprint density at radius 2 is 2.32 bits per heavy atom. The third-order valence-electron chi connectivity index (χ3n) is 4.71. The van der Waals surface area contributed by atoms with Gasteiger partial charge >= 0.3 is 0 Å². The largest absolute Gasteiger partial charge is 0.441 e. The Balaban J connectivity index is 1.52. The van der Waals surface area contributed by atoms with E-state index in [1.165, 1.54) is 0 Å². The number of hydrogen-bond donors (Lipinski definition) is 2. The first-order valence-electron chi connectivity index (χ1n) is 8.53. The number of oxazole rings is 1. The number of benzene rings is 1. The maximum Gasteiger partial charge on any atom is 0.229 e. The van der Waals surface area contributed by atoms with Gasteiger partial charge in [-0.15, -0.1) is 0 Å². The standard InChI is InChI=1S/C18H21N5O2/c1-3-17-22-15-6-12(4-5-16(15)25-17)21-18(24)14-9-19-8-13(14)11-7-20-23(2)10-11/h4-7,10,13-14,19H,3,8-9H2,1-2H3,(H,21,24)/t13-,14+/m1/s1. The zero-order chi connectivity index (χ0) is 17.4. The number of carbonyl (C=O) groups is 1. The van der Waals surface area contributed by atoms with Gasteiger partial charge in [0.1, 0.15) is 5.52 Å². The van der Waals surface area contributed by atoms with Crippen molar-refractivity contribution >= 4 is 22.7 Å². The van der Waals surface area contributed by atoms with E-state index in [9.17, 15) is 4.79 Å². The summed E-state index contributed by atoms with van der Waals surface area (Å²) >= 11 is 0. The molecule has 130 valence electrons. The zero-order valence-corrected chi connectivity index (χ0v) is 14.3. The van der Waals surface area contributed by atoms with E-state index in [0.717, 1.165) is 35.3 Å². The van der Waals surface area contributed by atoms with Crippen LogP contribution in [0.2, 0.25) is 0 Å². The van der Waals surface area contributed by atoms with Gasteiger partial charge < -0.3 is 15.1 Å². The highest BCUT2D eigenvalue weighted by molar-refractivity contribution is 5.95. The summed E-state index contributed by atoms with van der Waals surface area (Å²) in [5, 5.41) is 10.6. The van der Waals surface area contributed by atoms with Gasteiger partial charge in [-0.3, -0.25) is 9.48 Å². The van der Waals surface area contributed by atoms with Crippen LogP contribution in [0.1, 0.15) is 24.3 Å². The number of carbonyl (C=O) groups excluding carboxylic acids is 1. The van der Waals surface area contributed by atoms with Crippen LogP contribution >= 0.6 is 0 Å². The van der Waals surface area contributed by atoms with Gasteiger partial charge in [-0.05, 0) is 23.8 Å². The topological polar surface area (TPSA) is 85.0 Å². The quantitative estimate of drug-likeness (QED) is 0.760. The summed E-state index contributed by atoms with van der Waals surface area (Å²) < 4.78 is 7.38. The molecule has 2 atom stereocenters. The van der Waals surface area contributed by atoms with E-state index in [4.69, 9.17) is 4.42 Å². The fourth-order valence-corrected chi connectivity index (χ4v) is 3.38. The molecular weight excluding hydrogens is 318 g/mol. The summed E-state index contributed by atoms with van der Waals surface area (Å²) in [5.74, 6) is 0.729. The number of fused-ring (bicyclic) bond motifs is 1. The number of anilines is 1. The maximum absolute atomic E-state index is 12.8. The van der Waals surface area contributed by atoms with Gasteiger partial charge in [0.2, 0.25) is 5.91 Å². The van der Waals surface area contributed by atoms with Crippen molar-refractivity contribution < 1.29 is 9.21 Å². The molecule has 0 spiro atoms. The summed E-state index contributed by atoms with van der Waals surface area (Å²) in [4.78, 5) is 17.2. The Hall–Kier alpha value is -2.67. The molecule has 1 aliphatic rings. The third kappa shape index (κ3) is 3.02. The molecule has 0 saturated carbocycles. The van der Waals surface area contributed by atoms with Gasteiger partial charge in [0, 0.05) is 44.4 Å². The highest BCUT2D eigenvalue weighted by Gasteiger charge is 2.34. The molecule has 0 bridgehead atoms. The lowest BCUT2D eigenvalue weighted by Gasteiger charge is -2.17. The first-order valence-corrected chi connectivity index (χ1v) is 8.53. The Morgan fingerprint density at radius 3 is 3.08 bits per heavy atom. The third-order valence-corrected chi connectivity index (χ3v) is 4.71. The van der Waals surface area contributed by atoms with Crippen molar-refractivity contribution in [2.75, 3.05) is 18.4 Å². The second kappa shape index (κ2) is 6.33. The lowest BCUT2D eigenvalue weighted by molar-refractivity contribution is -0.119. The fraction of sp³-hybridized carbons (Fsp3) is 0.389. The summed E-state index contributed by atoms with van der Waals surface area (Å²) in [6.07, 6.45) is 4.56. The van der Waals surface area contributed by atoms with Crippen molar-refractivity contribution in [3.63, 3.8) is 0 Å². The van der Waals surface area contributed by atoms with Gasteiger partial charge in [0.25, 0.3) is 0 Å². The van der Waals surface area contributed by atoms with Crippen LogP contribution in [0.3, 0.4) is 0 Å². The molecule has 3 aromatic rings. The average Bonchev–Trinajstić information content (AvgIpc) is 3.32. The smallest absolute Gasteiger partial charge is 0.229 e. The molecule has 1 amide bonds. The van der Waals surface area contributed by atoms with Gasteiger partial charge in [-0.2, -0.15) is 5.10 Å². The van der Waals surface area contributed by atoms with Crippen molar-refractivity contribution in [2.45, 2.75) is 19.3 Å². The van der Waals surface area contributed by atoms with E-state index >= 15 is 0 Å². The molecule has 0 unspecified atom stereocenters. The van der Waals surface area contributed by atoms with Gasteiger partial charge in [0.15, 0.2) is 11.5 Å². The normalized spacial score (nSPS) is 20.2. The van der Waals surface area contributed by atoms with E-state index in [-0.39, 0.29) is 17.7 Å². The molecular formula is C18H21N5O2. The van der Waals surface area contributed by atoms with Gasteiger partial charge in [-0.1, -0.05) is 6.92 Å². The van der Waals surface area contributed by atoms with Crippen LogP contribution in [0.4, 0.5) is 5.69 Å². The molecule has 25 heavy (non-hydrogen) atoms. The number of nitrogens with zero attached hydrogens (tertiary/aromatic N) is 3. The molecule has 7 nitrogen and oxygen atoms in total. The minimum atomic E-state index is -0.122. The Labute approximate surface area is 145 Å². The fourth-order valence-electron chi connectivity index (χ4n) is 3.38. The van der Waals surface area contributed by atoms with Crippen LogP contribution in [0.25, 0.3) is 11.1 Å². The van der Waals surface area contributed by atoms with Crippen LogP contribution in [-0.2, 0) is 18.3 Å². The van der Waals surface area contributed by atoms with Crippen LogP contribution < -0.4 is 10.6 Å². The molecule has 1 aliphatic heterocycles. The number of amides is 1. The van der Waals surface area contributed by atoms with Crippen molar-refractivity contribution in [1.29, 1.82) is 0 Å². The minimum absolute atomic E-state index is 0.0115. The molecule has 0 aliphatic carbocycles. The van der Waals surface area contributed by atoms with Crippen molar-refractivity contribution in [3.05, 3.63) is 42.0 Å². The molecule has 0 radical (unpaired) electrons. The molecule has 2 N–H and O–H groups in total. The SMILES string of the molecule is CCc1nc2cc(NC(=O)[C@H]3CNC[C@@H]3c3cnn(C)c3)ccc2o1. The van der Waals surface area contributed by atoms with Crippen molar-refractivity contribution in [1.82, 2.24) is 20.1 Å². The molecule has 2 aromatic heterocycles. The van der Waals surface area contributed by atoms with Crippen LogP contribution in [0.15, 0.2) is 35.0 Å². The lowest BCUT2D eigenvalue weighted by Crippen LogP contribution is -2.28. The Morgan fingerprint density at radius 1 is 1.44 bits per heavy atom. The van der Waals surface area contributed by atoms with Crippen LogP contribution in [0, 0.1) is 5.92 Å². The molecule has 1 fully saturated rings. The molecule has 1 aromatic carbocycles. The highest BCUT2D eigenvalue weighted by Crippen LogP contribution is 2.29. The Kier molecular flexibility index (Phi) is 4.01. The molecule has 7 heteroatoms. The van der Waals surface area contributed by atoms with E-state index in [1.54, 1.807) is 4.68 Å². The first-order chi connectivity index (χ1) is 12.1. The summed E-state index contributed by atoms with van der Waals surface area (Å²) in [5.41, 5.74) is 3.34. The predicted octanol–water partition coefficient (Wildman–Crippen LogP) is 2.07. The average molecular weight is 339 g/mol. The number of aryl methyl sites for hydroxylation is 2. The number of rotatable bonds is 4. The molecule has 1 saturated heterocycles. The van der Waals surface area contributed by atoms with Gasteiger partial charge in [0.05, 0.1) is 12.1 Å².